The van der Waals surface area contributed by atoms with Crippen LogP contribution in [0.1, 0.15) is 19.8 Å². The summed E-state index contributed by atoms with van der Waals surface area (Å²) in [7, 11) is 0. The molecule has 0 unspecified atom stereocenters. The van der Waals surface area contributed by atoms with Crippen LogP contribution >= 0.6 is 11.6 Å². The zero-order chi connectivity index (χ0) is 4.62. The number of hydrogen-bond acceptors (Lipinski definition) is 0. The summed E-state index contributed by atoms with van der Waals surface area (Å²) in [4.78, 5) is 0. The zero-order valence-electron chi connectivity index (χ0n) is 4.00. The molecule has 0 nitrogen and oxygen atoms in total. The summed E-state index contributed by atoms with van der Waals surface area (Å²) in [6.07, 6.45) is 2.69. The van der Waals surface area contributed by atoms with Crippen molar-refractivity contribution in [3.63, 3.8) is 0 Å². The Morgan fingerprint density at radius 1 is 1.67 bits per heavy atom. The Kier molecular flexibility index (Phi) is 0.836. The molecule has 0 bridgehead atoms. The summed E-state index contributed by atoms with van der Waals surface area (Å²) in [5.74, 6) is 0.854. The van der Waals surface area contributed by atoms with Crippen molar-refractivity contribution in [3.05, 3.63) is 0 Å². The fourth-order valence-corrected chi connectivity index (χ4v) is 0.614. The summed E-state index contributed by atoms with van der Waals surface area (Å²) in [5, 5.41) is 0. The van der Waals surface area contributed by atoms with E-state index in [9.17, 15) is 0 Å². The van der Waals surface area contributed by atoms with Crippen molar-refractivity contribution >= 4 is 11.6 Å². The fraction of sp³-hybridized carbons (Fsp3) is 1.00. The molecule has 6 heavy (non-hydrogen) atoms. The minimum absolute atomic E-state index is 0.557. The molecule has 1 aliphatic rings. The Labute approximate surface area is 43.5 Å². The largest absolute Gasteiger partial charge is 0.126 e. The van der Waals surface area contributed by atoms with E-state index in [0.29, 0.717) is 5.41 Å². The summed E-state index contributed by atoms with van der Waals surface area (Å²) in [6, 6.07) is 0. The Hall–Kier alpha value is 0.290. The lowest BCUT2D eigenvalue weighted by Gasteiger charge is -1.94. The van der Waals surface area contributed by atoms with Gasteiger partial charge in [-0.1, -0.05) is 6.92 Å². The first kappa shape index (κ1) is 4.45. The van der Waals surface area contributed by atoms with Gasteiger partial charge in [0.05, 0.1) is 0 Å². The minimum atomic E-state index is 0.557. The number of alkyl halides is 1. The molecule has 0 aromatic heterocycles. The normalized spacial score (nSPS) is 27.0. The molecule has 1 fully saturated rings. The van der Waals surface area contributed by atoms with Gasteiger partial charge in [-0.15, -0.1) is 11.6 Å². The first-order valence-electron chi connectivity index (χ1n) is 2.33. The van der Waals surface area contributed by atoms with Crippen LogP contribution < -0.4 is 0 Å². The van der Waals surface area contributed by atoms with Crippen molar-refractivity contribution in [2.75, 3.05) is 5.88 Å². The van der Waals surface area contributed by atoms with Crippen LogP contribution in [0.5, 0.6) is 0 Å². The van der Waals surface area contributed by atoms with Crippen molar-refractivity contribution in [3.8, 4) is 0 Å². The smallest absolute Gasteiger partial charge is 0.0277 e. The van der Waals surface area contributed by atoms with Gasteiger partial charge in [0.1, 0.15) is 0 Å². The molecule has 1 aliphatic carbocycles. The van der Waals surface area contributed by atoms with E-state index in [1.807, 2.05) is 0 Å². The molecule has 0 heterocycles. The van der Waals surface area contributed by atoms with Crippen molar-refractivity contribution in [2.24, 2.45) is 5.41 Å². The minimum Gasteiger partial charge on any atom is -0.126 e. The summed E-state index contributed by atoms with van der Waals surface area (Å²) in [6.45, 7) is 2.22. The second-order valence-electron chi connectivity index (χ2n) is 2.44. The van der Waals surface area contributed by atoms with E-state index in [4.69, 9.17) is 11.6 Å². The lowest BCUT2D eigenvalue weighted by molar-refractivity contribution is 0.662. The molecule has 0 radical (unpaired) electrons. The SMILES string of the molecule is CC1(CCl)CC1. The van der Waals surface area contributed by atoms with Crippen LogP contribution in [-0.4, -0.2) is 5.88 Å². The van der Waals surface area contributed by atoms with Gasteiger partial charge in [-0.3, -0.25) is 0 Å². The van der Waals surface area contributed by atoms with Gasteiger partial charge in [-0.2, -0.15) is 0 Å². The van der Waals surface area contributed by atoms with Gasteiger partial charge in [0.25, 0.3) is 0 Å². The van der Waals surface area contributed by atoms with Crippen LogP contribution in [0.2, 0.25) is 0 Å². The molecule has 1 saturated carbocycles. The third-order valence-corrected chi connectivity index (χ3v) is 2.07. The standard InChI is InChI=1S/C5H9Cl/c1-5(4-6)2-3-5/h2-4H2,1H3. The lowest BCUT2D eigenvalue weighted by Crippen LogP contribution is -1.90. The molecule has 1 rings (SSSR count). The highest BCUT2D eigenvalue weighted by atomic mass is 35.5. The molecule has 0 aromatic rings. The third kappa shape index (κ3) is 0.676. The molecule has 0 aromatic carbocycles. The van der Waals surface area contributed by atoms with Gasteiger partial charge in [0.2, 0.25) is 0 Å². The second kappa shape index (κ2) is 1.13. The highest BCUT2D eigenvalue weighted by Gasteiger charge is 2.35. The average Bonchev–Trinajstić information content (AvgIpc) is 2.22. The average molecular weight is 105 g/mol. The molecule has 0 amide bonds. The Morgan fingerprint density at radius 2 is 2.17 bits per heavy atom. The van der Waals surface area contributed by atoms with Gasteiger partial charge in [0.15, 0.2) is 0 Å². The summed E-state index contributed by atoms with van der Waals surface area (Å²) < 4.78 is 0. The number of hydrogen-bond donors (Lipinski definition) is 0. The van der Waals surface area contributed by atoms with Crippen LogP contribution in [0.4, 0.5) is 0 Å². The molecule has 0 atom stereocenters. The van der Waals surface area contributed by atoms with Crippen LogP contribution in [-0.2, 0) is 0 Å². The van der Waals surface area contributed by atoms with Crippen molar-refractivity contribution in [1.29, 1.82) is 0 Å². The molecular formula is C5H9Cl. The molecule has 1 heteroatoms. The van der Waals surface area contributed by atoms with E-state index in [1.54, 1.807) is 0 Å². The van der Waals surface area contributed by atoms with E-state index in [1.165, 1.54) is 12.8 Å². The maximum absolute atomic E-state index is 5.54. The molecular weight excluding hydrogens is 95.5 g/mol. The molecule has 0 spiro atoms. The van der Waals surface area contributed by atoms with Gasteiger partial charge in [-0.25, -0.2) is 0 Å². The maximum atomic E-state index is 5.54. The summed E-state index contributed by atoms with van der Waals surface area (Å²) >= 11 is 5.54. The second-order valence-corrected chi connectivity index (χ2v) is 2.71. The van der Waals surface area contributed by atoms with Crippen molar-refractivity contribution in [2.45, 2.75) is 19.8 Å². The highest BCUT2D eigenvalue weighted by molar-refractivity contribution is 6.18. The fourth-order valence-electron chi connectivity index (χ4n) is 0.347. The molecule has 0 N–H and O–H groups in total. The van der Waals surface area contributed by atoms with E-state index in [-0.39, 0.29) is 0 Å². The Bertz CT molecular complexity index is 55.0. The van der Waals surface area contributed by atoms with Crippen molar-refractivity contribution < 1.29 is 0 Å². The van der Waals surface area contributed by atoms with Crippen LogP contribution in [0.15, 0.2) is 0 Å². The maximum Gasteiger partial charge on any atom is 0.0277 e. The molecule has 0 saturated heterocycles. The highest BCUT2D eigenvalue weighted by Crippen LogP contribution is 2.45. The Morgan fingerprint density at radius 3 is 2.17 bits per heavy atom. The van der Waals surface area contributed by atoms with Gasteiger partial charge >= 0.3 is 0 Å². The van der Waals surface area contributed by atoms with E-state index >= 15 is 0 Å². The number of halogens is 1. The lowest BCUT2D eigenvalue weighted by atomic mass is 10.2. The Balaban J connectivity index is 2.28. The van der Waals surface area contributed by atoms with Crippen LogP contribution in [0.25, 0.3) is 0 Å². The predicted octanol–water partition coefficient (Wildman–Crippen LogP) is 2.03. The number of rotatable bonds is 1. The quantitative estimate of drug-likeness (QED) is 0.447. The first-order chi connectivity index (χ1) is 2.77. The van der Waals surface area contributed by atoms with Gasteiger partial charge in [0, 0.05) is 5.88 Å². The van der Waals surface area contributed by atoms with Gasteiger partial charge in [-0.05, 0) is 18.3 Å². The first-order valence-corrected chi connectivity index (χ1v) is 2.86. The monoisotopic (exact) mass is 104 g/mol. The van der Waals surface area contributed by atoms with Crippen LogP contribution in [0, 0.1) is 5.41 Å². The van der Waals surface area contributed by atoms with Crippen molar-refractivity contribution in [1.82, 2.24) is 0 Å². The third-order valence-electron chi connectivity index (χ3n) is 1.43. The summed E-state index contributed by atoms with van der Waals surface area (Å²) in [5.41, 5.74) is 0.557. The molecule has 0 aliphatic heterocycles. The van der Waals surface area contributed by atoms with E-state index in [2.05, 4.69) is 6.92 Å². The van der Waals surface area contributed by atoms with E-state index < -0.39 is 0 Å². The molecule has 36 valence electrons. The topological polar surface area (TPSA) is 0 Å². The van der Waals surface area contributed by atoms with Crippen LogP contribution in [0.3, 0.4) is 0 Å². The predicted molar refractivity (Wildman–Crippen MR) is 28.1 cm³/mol. The van der Waals surface area contributed by atoms with Gasteiger partial charge < -0.3 is 0 Å². The van der Waals surface area contributed by atoms with E-state index in [0.717, 1.165) is 5.88 Å². The zero-order valence-corrected chi connectivity index (χ0v) is 4.76.